The number of ether oxygens (including phenoxy) is 3. The number of esters is 1. The first-order valence-corrected chi connectivity index (χ1v) is 9.55. The van der Waals surface area contributed by atoms with Gasteiger partial charge in [-0.25, -0.2) is 4.79 Å². The third kappa shape index (κ3) is 6.67. The van der Waals surface area contributed by atoms with E-state index in [4.69, 9.17) is 14.2 Å². The summed E-state index contributed by atoms with van der Waals surface area (Å²) in [6.45, 7) is 1.68. The van der Waals surface area contributed by atoms with Gasteiger partial charge in [0.15, 0.2) is 12.7 Å². The third-order valence-electron chi connectivity index (χ3n) is 4.15. The largest absolute Gasteiger partial charge is 0.489 e. The van der Waals surface area contributed by atoms with E-state index in [1.807, 2.05) is 36.4 Å². The molecular weight excluding hydrogens is 382 g/mol. The Morgan fingerprint density at radius 3 is 2.00 bits per heavy atom. The van der Waals surface area contributed by atoms with Crippen LogP contribution >= 0.6 is 0 Å². The summed E-state index contributed by atoms with van der Waals surface area (Å²) in [4.78, 5) is 24.0. The molecule has 1 N–H and O–H groups in total. The van der Waals surface area contributed by atoms with E-state index in [-0.39, 0.29) is 6.61 Å². The number of benzene rings is 3. The summed E-state index contributed by atoms with van der Waals surface area (Å²) >= 11 is 0. The molecule has 1 unspecified atom stereocenters. The number of carbonyl (C=O) groups excluding carboxylic acids is 2. The normalized spacial score (nSPS) is 11.2. The summed E-state index contributed by atoms with van der Waals surface area (Å²) in [6.07, 6.45) is -0.935. The van der Waals surface area contributed by atoms with Crippen LogP contribution in [0.5, 0.6) is 11.5 Å². The van der Waals surface area contributed by atoms with Gasteiger partial charge in [-0.3, -0.25) is 4.79 Å². The van der Waals surface area contributed by atoms with E-state index in [2.05, 4.69) is 5.32 Å². The molecule has 6 nitrogen and oxygen atoms in total. The highest BCUT2D eigenvalue weighted by molar-refractivity contribution is 5.95. The average molecular weight is 405 g/mol. The molecule has 1 atom stereocenters. The van der Waals surface area contributed by atoms with Crippen LogP contribution < -0.4 is 14.8 Å². The van der Waals surface area contributed by atoms with Gasteiger partial charge in [-0.2, -0.15) is 0 Å². The second-order valence-electron chi connectivity index (χ2n) is 6.52. The predicted molar refractivity (Wildman–Crippen MR) is 113 cm³/mol. The lowest BCUT2D eigenvalue weighted by Crippen LogP contribution is -2.31. The van der Waals surface area contributed by atoms with Crippen LogP contribution in [0.1, 0.15) is 12.5 Å². The summed E-state index contributed by atoms with van der Waals surface area (Å²) in [7, 11) is 0. The number of nitrogens with one attached hydrogen (secondary N) is 1. The number of rotatable bonds is 9. The Hall–Kier alpha value is -3.80. The Balaban J connectivity index is 1.40. The van der Waals surface area contributed by atoms with Crippen molar-refractivity contribution in [3.8, 4) is 11.5 Å². The molecule has 0 aliphatic heterocycles. The molecular formula is C24H23NO5. The van der Waals surface area contributed by atoms with Crippen molar-refractivity contribution in [2.75, 3.05) is 11.9 Å². The van der Waals surface area contributed by atoms with Crippen LogP contribution in [-0.2, 0) is 20.9 Å². The molecule has 0 spiro atoms. The van der Waals surface area contributed by atoms with Gasteiger partial charge in [-0.15, -0.1) is 0 Å². The molecule has 0 bridgehead atoms. The van der Waals surface area contributed by atoms with Crippen LogP contribution in [0.3, 0.4) is 0 Å². The zero-order valence-electron chi connectivity index (χ0n) is 16.6. The molecule has 6 heteroatoms. The SMILES string of the molecule is CC(OC(=O)COc1ccc(OCc2ccccc2)cc1)C(=O)Nc1ccccc1. The Kier molecular flexibility index (Phi) is 7.44. The van der Waals surface area contributed by atoms with Gasteiger partial charge < -0.3 is 19.5 Å². The van der Waals surface area contributed by atoms with Gasteiger partial charge in [0.05, 0.1) is 0 Å². The Morgan fingerprint density at radius 2 is 1.37 bits per heavy atom. The van der Waals surface area contributed by atoms with E-state index in [0.717, 1.165) is 5.56 Å². The highest BCUT2D eigenvalue weighted by Crippen LogP contribution is 2.19. The lowest BCUT2D eigenvalue weighted by molar-refractivity contribution is -0.155. The zero-order chi connectivity index (χ0) is 21.2. The Bertz CT molecular complexity index is 942. The van der Waals surface area contributed by atoms with Crippen molar-refractivity contribution in [2.45, 2.75) is 19.6 Å². The van der Waals surface area contributed by atoms with Crippen molar-refractivity contribution in [1.29, 1.82) is 0 Å². The van der Waals surface area contributed by atoms with E-state index < -0.39 is 18.0 Å². The lowest BCUT2D eigenvalue weighted by Gasteiger charge is -2.14. The van der Waals surface area contributed by atoms with Gasteiger partial charge in [0.1, 0.15) is 18.1 Å². The van der Waals surface area contributed by atoms with Crippen molar-refractivity contribution in [3.05, 3.63) is 90.5 Å². The Labute approximate surface area is 175 Å². The molecule has 0 aliphatic rings. The van der Waals surface area contributed by atoms with Gasteiger partial charge >= 0.3 is 5.97 Å². The van der Waals surface area contributed by atoms with Gasteiger partial charge in [0.2, 0.25) is 0 Å². The van der Waals surface area contributed by atoms with E-state index in [1.165, 1.54) is 6.92 Å². The summed E-state index contributed by atoms with van der Waals surface area (Å²) < 4.78 is 16.2. The number of amides is 1. The fourth-order valence-corrected chi connectivity index (χ4v) is 2.57. The Morgan fingerprint density at radius 1 is 0.800 bits per heavy atom. The third-order valence-corrected chi connectivity index (χ3v) is 4.15. The number of carbonyl (C=O) groups is 2. The molecule has 0 aromatic heterocycles. The van der Waals surface area contributed by atoms with Crippen LogP contribution in [0.4, 0.5) is 5.69 Å². The molecule has 30 heavy (non-hydrogen) atoms. The van der Waals surface area contributed by atoms with Gasteiger partial charge in [-0.1, -0.05) is 48.5 Å². The average Bonchev–Trinajstić information content (AvgIpc) is 2.78. The fourth-order valence-electron chi connectivity index (χ4n) is 2.57. The molecule has 0 radical (unpaired) electrons. The molecule has 3 aromatic rings. The standard InChI is InChI=1S/C24H23NO5/c1-18(24(27)25-20-10-6-3-7-11-20)30-23(26)17-29-22-14-12-21(13-15-22)28-16-19-8-4-2-5-9-19/h2-15,18H,16-17H2,1H3,(H,25,27). The van der Waals surface area contributed by atoms with Crippen LogP contribution in [0.15, 0.2) is 84.9 Å². The minimum atomic E-state index is -0.935. The molecule has 0 aliphatic carbocycles. The van der Waals surface area contributed by atoms with E-state index >= 15 is 0 Å². The molecule has 0 saturated carbocycles. The number of hydrogen-bond acceptors (Lipinski definition) is 5. The fraction of sp³-hybridized carbons (Fsp3) is 0.167. The second kappa shape index (κ2) is 10.7. The van der Waals surface area contributed by atoms with Crippen molar-refractivity contribution in [3.63, 3.8) is 0 Å². The highest BCUT2D eigenvalue weighted by Gasteiger charge is 2.18. The number of hydrogen-bond donors (Lipinski definition) is 1. The summed E-state index contributed by atoms with van der Waals surface area (Å²) in [5.74, 6) is 0.157. The van der Waals surface area contributed by atoms with Crippen LogP contribution in [-0.4, -0.2) is 24.6 Å². The van der Waals surface area contributed by atoms with Crippen molar-refractivity contribution in [2.24, 2.45) is 0 Å². The smallest absolute Gasteiger partial charge is 0.344 e. The predicted octanol–water partition coefficient (Wildman–Crippen LogP) is 4.21. The van der Waals surface area contributed by atoms with Crippen LogP contribution in [0, 0.1) is 0 Å². The minimum absolute atomic E-state index is 0.298. The van der Waals surface area contributed by atoms with Gasteiger partial charge in [-0.05, 0) is 48.9 Å². The van der Waals surface area contributed by atoms with Gasteiger partial charge in [0, 0.05) is 5.69 Å². The summed E-state index contributed by atoms with van der Waals surface area (Å²) in [5, 5.41) is 2.68. The second-order valence-corrected chi connectivity index (χ2v) is 6.52. The van der Waals surface area contributed by atoms with Crippen molar-refractivity contribution in [1.82, 2.24) is 0 Å². The minimum Gasteiger partial charge on any atom is -0.489 e. The lowest BCUT2D eigenvalue weighted by atomic mass is 10.2. The molecule has 3 rings (SSSR count). The van der Waals surface area contributed by atoms with Gasteiger partial charge in [0.25, 0.3) is 5.91 Å². The topological polar surface area (TPSA) is 73.9 Å². The molecule has 1 amide bonds. The maximum Gasteiger partial charge on any atom is 0.344 e. The summed E-state index contributed by atoms with van der Waals surface area (Å²) in [6, 6.07) is 25.8. The van der Waals surface area contributed by atoms with E-state index in [1.54, 1.807) is 48.5 Å². The van der Waals surface area contributed by atoms with Crippen LogP contribution in [0.25, 0.3) is 0 Å². The monoisotopic (exact) mass is 405 g/mol. The number of anilines is 1. The zero-order valence-corrected chi connectivity index (χ0v) is 16.6. The quantitative estimate of drug-likeness (QED) is 0.540. The molecule has 0 fully saturated rings. The summed E-state index contributed by atoms with van der Waals surface area (Å²) in [5.41, 5.74) is 1.71. The first kappa shape index (κ1) is 20.9. The van der Waals surface area contributed by atoms with E-state index in [9.17, 15) is 9.59 Å². The van der Waals surface area contributed by atoms with Crippen LogP contribution in [0.2, 0.25) is 0 Å². The molecule has 0 heterocycles. The molecule has 0 saturated heterocycles. The molecule has 3 aromatic carbocycles. The molecule has 154 valence electrons. The van der Waals surface area contributed by atoms with Crippen molar-refractivity contribution < 1.29 is 23.8 Å². The van der Waals surface area contributed by atoms with Crippen molar-refractivity contribution >= 4 is 17.6 Å². The first-order valence-electron chi connectivity index (χ1n) is 9.55. The maximum atomic E-state index is 12.1. The van der Waals surface area contributed by atoms with E-state index in [0.29, 0.717) is 23.8 Å². The maximum absolute atomic E-state index is 12.1. The first-order chi connectivity index (χ1) is 14.6. The highest BCUT2D eigenvalue weighted by atomic mass is 16.6. The number of para-hydroxylation sites is 1.